The number of benzene rings is 1. The molecule has 26 heavy (non-hydrogen) atoms. The minimum atomic E-state index is 0.0292. The standard InChI is InChI=1S/C20H24N2O2S2/c23-19(21-10-14-25-15-16-5-2-1-3-6-16)17-8-11-22(12-9-17)20(24)18-7-4-13-26-18/h1-7,13,17H,8-12,14-15H2,(H,21,23). The molecule has 1 saturated heterocycles. The minimum absolute atomic E-state index is 0.0292. The fourth-order valence-electron chi connectivity index (χ4n) is 3.06. The highest BCUT2D eigenvalue weighted by molar-refractivity contribution is 7.98. The van der Waals surface area contributed by atoms with Gasteiger partial charge in [-0.1, -0.05) is 36.4 Å². The first-order valence-corrected chi connectivity index (χ1v) is 11.0. The molecular weight excluding hydrogens is 364 g/mol. The predicted molar refractivity (Wildman–Crippen MR) is 109 cm³/mol. The normalized spacial score (nSPS) is 15.0. The summed E-state index contributed by atoms with van der Waals surface area (Å²) in [5.41, 5.74) is 1.31. The summed E-state index contributed by atoms with van der Waals surface area (Å²) < 4.78 is 0. The number of amides is 2. The smallest absolute Gasteiger partial charge is 0.263 e. The summed E-state index contributed by atoms with van der Waals surface area (Å²) in [7, 11) is 0. The Morgan fingerprint density at radius 2 is 1.88 bits per heavy atom. The van der Waals surface area contributed by atoms with Crippen molar-refractivity contribution in [1.82, 2.24) is 10.2 Å². The summed E-state index contributed by atoms with van der Waals surface area (Å²) in [6.07, 6.45) is 1.50. The summed E-state index contributed by atoms with van der Waals surface area (Å²) in [6, 6.07) is 14.1. The second kappa shape index (κ2) is 9.78. The van der Waals surface area contributed by atoms with Crippen molar-refractivity contribution in [2.24, 2.45) is 5.92 Å². The molecule has 1 aliphatic heterocycles. The Balaban J connectivity index is 1.32. The number of piperidine rings is 1. The molecule has 0 aliphatic carbocycles. The van der Waals surface area contributed by atoms with Gasteiger partial charge < -0.3 is 10.2 Å². The van der Waals surface area contributed by atoms with Gasteiger partial charge in [0.05, 0.1) is 4.88 Å². The highest BCUT2D eigenvalue weighted by Crippen LogP contribution is 2.21. The average Bonchev–Trinajstić information content (AvgIpc) is 3.23. The van der Waals surface area contributed by atoms with Crippen LogP contribution in [0.25, 0.3) is 0 Å². The lowest BCUT2D eigenvalue weighted by Crippen LogP contribution is -2.43. The first-order valence-electron chi connectivity index (χ1n) is 8.96. The molecule has 2 heterocycles. The molecule has 1 N–H and O–H groups in total. The first kappa shape index (κ1) is 19.0. The topological polar surface area (TPSA) is 49.4 Å². The van der Waals surface area contributed by atoms with E-state index in [2.05, 4.69) is 17.4 Å². The van der Waals surface area contributed by atoms with Gasteiger partial charge in [0.2, 0.25) is 5.91 Å². The van der Waals surface area contributed by atoms with Gasteiger partial charge in [0.1, 0.15) is 0 Å². The van der Waals surface area contributed by atoms with Gasteiger partial charge in [-0.2, -0.15) is 11.8 Å². The summed E-state index contributed by atoms with van der Waals surface area (Å²) >= 11 is 3.30. The zero-order valence-electron chi connectivity index (χ0n) is 14.7. The highest BCUT2D eigenvalue weighted by Gasteiger charge is 2.27. The van der Waals surface area contributed by atoms with Crippen LogP contribution in [0.5, 0.6) is 0 Å². The lowest BCUT2D eigenvalue weighted by atomic mass is 9.96. The average molecular weight is 389 g/mol. The van der Waals surface area contributed by atoms with Crippen LogP contribution in [0.2, 0.25) is 0 Å². The van der Waals surface area contributed by atoms with Crippen molar-refractivity contribution in [2.75, 3.05) is 25.4 Å². The van der Waals surface area contributed by atoms with Crippen LogP contribution in [0.4, 0.5) is 0 Å². The van der Waals surface area contributed by atoms with Gasteiger partial charge in [0.25, 0.3) is 5.91 Å². The minimum Gasteiger partial charge on any atom is -0.355 e. The maximum Gasteiger partial charge on any atom is 0.263 e. The fraction of sp³-hybridized carbons (Fsp3) is 0.400. The van der Waals surface area contributed by atoms with E-state index in [0.717, 1.165) is 29.2 Å². The Labute approximate surface area is 163 Å². The molecule has 1 aromatic carbocycles. The maximum absolute atomic E-state index is 12.3. The van der Waals surface area contributed by atoms with Gasteiger partial charge in [-0.3, -0.25) is 9.59 Å². The van der Waals surface area contributed by atoms with Crippen molar-refractivity contribution in [2.45, 2.75) is 18.6 Å². The lowest BCUT2D eigenvalue weighted by molar-refractivity contribution is -0.126. The largest absolute Gasteiger partial charge is 0.355 e. The second-order valence-corrected chi connectivity index (χ2v) is 8.43. The molecule has 3 rings (SSSR count). The van der Waals surface area contributed by atoms with Crippen LogP contribution in [-0.4, -0.2) is 42.1 Å². The van der Waals surface area contributed by atoms with Crippen LogP contribution < -0.4 is 5.32 Å². The molecule has 4 nitrogen and oxygen atoms in total. The number of rotatable bonds is 7. The molecule has 2 amide bonds. The number of thiophene rings is 1. The molecule has 0 spiro atoms. The quantitative estimate of drug-likeness (QED) is 0.737. The van der Waals surface area contributed by atoms with Crippen LogP contribution in [0, 0.1) is 5.92 Å². The van der Waals surface area contributed by atoms with Gasteiger partial charge in [0, 0.05) is 37.1 Å². The predicted octanol–water partition coefficient (Wildman–Crippen LogP) is 3.65. The van der Waals surface area contributed by atoms with E-state index in [0.29, 0.717) is 19.6 Å². The third-order valence-electron chi connectivity index (χ3n) is 4.54. The van der Waals surface area contributed by atoms with Crippen LogP contribution in [-0.2, 0) is 10.5 Å². The van der Waals surface area contributed by atoms with Gasteiger partial charge in [-0.25, -0.2) is 0 Å². The SMILES string of the molecule is O=C(NCCSCc1ccccc1)C1CCN(C(=O)c2cccs2)CC1. The zero-order valence-corrected chi connectivity index (χ0v) is 16.4. The summed E-state index contributed by atoms with van der Waals surface area (Å²) in [6.45, 7) is 2.03. The molecular formula is C20H24N2O2S2. The third-order valence-corrected chi connectivity index (χ3v) is 6.43. The Morgan fingerprint density at radius 1 is 1.12 bits per heavy atom. The van der Waals surface area contributed by atoms with Crippen molar-refractivity contribution >= 4 is 34.9 Å². The Hall–Kier alpha value is -1.79. The van der Waals surface area contributed by atoms with Gasteiger partial charge >= 0.3 is 0 Å². The third kappa shape index (κ3) is 5.35. The molecule has 1 fully saturated rings. The molecule has 1 aliphatic rings. The number of hydrogen-bond donors (Lipinski definition) is 1. The number of likely N-dealkylation sites (tertiary alicyclic amines) is 1. The van der Waals surface area contributed by atoms with Crippen molar-refractivity contribution in [3.63, 3.8) is 0 Å². The van der Waals surface area contributed by atoms with Crippen LogP contribution in [0.1, 0.15) is 28.1 Å². The number of hydrogen-bond acceptors (Lipinski definition) is 4. The highest BCUT2D eigenvalue weighted by atomic mass is 32.2. The summed E-state index contributed by atoms with van der Waals surface area (Å²) in [5, 5.41) is 4.97. The molecule has 0 saturated carbocycles. The first-order chi connectivity index (χ1) is 12.7. The molecule has 138 valence electrons. The molecule has 0 unspecified atom stereocenters. The summed E-state index contributed by atoms with van der Waals surface area (Å²) in [5.74, 6) is 2.14. The lowest BCUT2D eigenvalue weighted by Gasteiger charge is -2.31. The monoisotopic (exact) mass is 388 g/mol. The van der Waals surface area contributed by atoms with Crippen molar-refractivity contribution in [3.05, 3.63) is 58.3 Å². The van der Waals surface area contributed by atoms with Crippen molar-refractivity contribution < 1.29 is 9.59 Å². The number of carbonyl (C=O) groups is 2. The van der Waals surface area contributed by atoms with Crippen molar-refractivity contribution in [1.29, 1.82) is 0 Å². The number of nitrogens with one attached hydrogen (secondary N) is 1. The molecule has 2 aromatic rings. The second-order valence-electron chi connectivity index (χ2n) is 6.37. The maximum atomic E-state index is 12.3. The number of thioether (sulfide) groups is 1. The Kier molecular flexibility index (Phi) is 7.14. The van der Waals surface area contributed by atoms with E-state index in [1.54, 1.807) is 0 Å². The Morgan fingerprint density at radius 3 is 2.58 bits per heavy atom. The fourth-order valence-corrected chi connectivity index (χ4v) is 4.57. The number of nitrogens with zero attached hydrogens (tertiary/aromatic N) is 1. The molecule has 6 heteroatoms. The number of carbonyl (C=O) groups excluding carboxylic acids is 2. The van der Waals surface area contributed by atoms with Crippen LogP contribution >= 0.6 is 23.1 Å². The van der Waals surface area contributed by atoms with E-state index in [-0.39, 0.29) is 17.7 Å². The van der Waals surface area contributed by atoms with Gasteiger partial charge in [-0.15, -0.1) is 11.3 Å². The Bertz CT molecular complexity index is 696. The van der Waals surface area contributed by atoms with Crippen LogP contribution in [0.3, 0.4) is 0 Å². The molecule has 0 radical (unpaired) electrons. The summed E-state index contributed by atoms with van der Waals surface area (Å²) in [4.78, 5) is 27.3. The van der Waals surface area contributed by atoms with E-state index in [4.69, 9.17) is 0 Å². The van der Waals surface area contributed by atoms with Crippen molar-refractivity contribution in [3.8, 4) is 0 Å². The van der Waals surface area contributed by atoms with Crippen LogP contribution in [0.15, 0.2) is 47.8 Å². The van der Waals surface area contributed by atoms with E-state index < -0.39 is 0 Å². The zero-order chi connectivity index (χ0) is 18.2. The van der Waals surface area contributed by atoms with E-state index in [9.17, 15) is 9.59 Å². The van der Waals surface area contributed by atoms with E-state index in [1.807, 2.05) is 52.4 Å². The van der Waals surface area contributed by atoms with E-state index >= 15 is 0 Å². The van der Waals surface area contributed by atoms with Gasteiger partial charge in [-0.05, 0) is 29.9 Å². The van der Waals surface area contributed by atoms with Gasteiger partial charge in [0.15, 0.2) is 0 Å². The molecule has 0 atom stereocenters. The molecule has 1 aromatic heterocycles. The molecule has 0 bridgehead atoms. The van der Waals surface area contributed by atoms with E-state index in [1.165, 1.54) is 16.9 Å².